The normalized spacial score (nSPS) is 19.2. The Morgan fingerprint density at radius 2 is 1.50 bits per heavy atom. The Balaban J connectivity index is 1.80. The van der Waals surface area contributed by atoms with Crippen LogP contribution in [0.3, 0.4) is 0 Å². The van der Waals surface area contributed by atoms with Crippen molar-refractivity contribution in [2.75, 3.05) is 39.3 Å². The molecule has 0 aromatic heterocycles. The van der Waals surface area contributed by atoms with Crippen LogP contribution in [0.15, 0.2) is 54.6 Å². The number of benzene rings is 2. The van der Waals surface area contributed by atoms with Crippen LogP contribution in [0.25, 0.3) is 11.1 Å². The second-order valence-corrected chi connectivity index (χ2v) is 10.5. The van der Waals surface area contributed by atoms with Crippen LogP contribution in [-0.2, 0) is 37.5 Å². The van der Waals surface area contributed by atoms with Crippen molar-refractivity contribution in [1.82, 2.24) is 10.6 Å². The fraction of sp³-hybridized carbons (Fsp3) is 0.423. The molecule has 2 atom stereocenters. The molecule has 0 saturated carbocycles. The molecule has 1 fully saturated rings. The van der Waals surface area contributed by atoms with Crippen LogP contribution < -0.4 is 10.6 Å². The van der Waals surface area contributed by atoms with E-state index in [1.54, 1.807) is 13.8 Å². The lowest BCUT2D eigenvalue weighted by molar-refractivity contribution is -0.148. The van der Waals surface area contributed by atoms with Gasteiger partial charge in [-0.1, -0.05) is 54.6 Å². The average Bonchev–Trinajstić information content (AvgIpc) is 3.36. The van der Waals surface area contributed by atoms with Crippen molar-refractivity contribution in [1.29, 1.82) is 0 Å². The van der Waals surface area contributed by atoms with Crippen LogP contribution in [0, 0.1) is 0 Å². The SMILES string of the molecule is CCOC(=O)COP(=O)(CN[C@@]1(C(=O)O)NCCC1c1ccc(-c2ccccc2)cc1)OCC(=O)OCC. The zero-order chi connectivity index (χ0) is 27.6. The summed E-state index contributed by atoms with van der Waals surface area (Å²) in [5.41, 5.74) is 1.08. The van der Waals surface area contributed by atoms with E-state index in [1.165, 1.54) is 0 Å². The molecule has 206 valence electrons. The van der Waals surface area contributed by atoms with E-state index >= 15 is 0 Å². The minimum Gasteiger partial charge on any atom is -0.479 e. The van der Waals surface area contributed by atoms with Gasteiger partial charge in [-0.2, -0.15) is 0 Å². The van der Waals surface area contributed by atoms with Crippen LogP contribution >= 0.6 is 7.60 Å². The molecule has 1 aliphatic heterocycles. The first-order valence-corrected chi connectivity index (χ1v) is 14.0. The molecular weight excluding hydrogens is 515 g/mol. The highest BCUT2D eigenvalue weighted by Gasteiger charge is 2.51. The number of hydrogen-bond donors (Lipinski definition) is 3. The Morgan fingerprint density at radius 1 is 0.947 bits per heavy atom. The number of carboxylic acid groups (broad SMARTS) is 1. The summed E-state index contributed by atoms with van der Waals surface area (Å²) < 4.78 is 33.5. The second-order valence-electron chi connectivity index (χ2n) is 8.47. The average molecular weight is 549 g/mol. The van der Waals surface area contributed by atoms with Crippen molar-refractivity contribution in [3.05, 3.63) is 60.2 Å². The maximum absolute atomic E-state index is 13.5. The lowest BCUT2D eigenvalue weighted by Crippen LogP contribution is -2.62. The highest BCUT2D eigenvalue weighted by Crippen LogP contribution is 2.48. The summed E-state index contributed by atoms with van der Waals surface area (Å²) in [5.74, 6) is -3.31. The zero-order valence-electron chi connectivity index (χ0n) is 21.4. The number of carboxylic acids is 1. The van der Waals surface area contributed by atoms with E-state index in [-0.39, 0.29) is 13.2 Å². The summed E-state index contributed by atoms with van der Waals surface area (Å²) in [7, 11) is -4.19. The van der Waals surface area contributed by atoms with Gasteiger partial charge >= 0.3 is 25.5 Å². The summed E-state index contributed by atoms with van der Waals surface area (Å²) in [6, 6.07) is 17.4. The quantitative estimate of drug-likeness (QED) is 0.236. The molecule has 38 heavy (non-hydrogen) atoms. The fourth-order valence-electron chi connectivity index (χ4n) is 4.25. The maximum atomic E-state index is 13.5. The molecule has 1 unspecified atom stereocenters. The van der Waals surface area contributed by atoms with Crippen molar-refractivity contribution in [2.45, 2.75) is 31.8 Å². The van der Waals surface area contributed by atoms with Gasteiger partial charge < -0.3 is 14.6 Å². The van der Waals surface area contributed by atoms with Gasteiger partial charge in [0.25, 0.3) is 0 Å². The number of ether oxygens (including phenoxy) is 2. The molecule has 0 aliphatic carbocycles. The van der Waals surface area contributed by atoms with Crippen LogP contribution in [0.2, 0.25) is 0 Å². The largest absolute Gasteiger partial charge is 0.479 e. The highest BCUT2D eigenvalue weighted by molar-refractivity contribution is 7.53. The Kier molecular flexibility index (Phi) is 10.6. The Labute approximate surface area is 221 Å². The first-order valence-electron chi connectivity index (χ1n) is 12.3. The van der Waals surface area contributed by atoms with Crippen molar-refractivity contribution in [3.63, 3.8) is 0 Å². The monoisotopic (exact) mass is 548 g/mol. The van der Waals surface area contributed by atoms with Crippen molar-refractivity contribution >= 4 is 25.5 Å². The fourth-order valence-corrected chi connectivity index (χ4v) is 5.56. The van der Waals surface area contributed by atoms with Gasteiger partial charge in [0.2, 0.25) is 0 Å². The lowest BCUT2D eigenvalue weighted by atomic mass is 9.86. The molecule has 2 aromatic carbocycles. The molecule has 12 heteroatoms. The topological polar surface area (TPSA) is 149 Å². The Morgan fingerprint density at radius 3 is 2.03 bits per heavy atom. The van der Waals surface area contributed by atoms with Gasteiger partial charge in [0.1, 0.15) is 6.29 Å². The van der Waals surface area contributed by atoms with E-state index in [0.29, 0.717) is 13.0 Å². The molecule has 0 amide bonds. The maximum Gasteiger partial charge on any atom is 0.345 e. The highest BCUT2D eigenvalue weighted by atomic mass is 31.2. The van der Waals surface area contributed by atoms with Crippen LogP contribution in [0.5, 0.6) is 0 Å². The number of hydrogen-bond acceptors (Lipinski definition) is 10. The van der Waals surface area contributed by atoms with Crippen molar-refractivity contribution < 1.29 is 42.6 Å². The molecule has 3 rings (SSSR count). The van der Waals surface area contributed by atoms with Crippen LogP contribution in [0.4, 0.5) is 0 Å². The number of carbonyl (C=O) groups is 3. The molecule has 3 N–H and O–H groups in total. The first kappa shape index (κ1) is 29.5. The van der Waals surface area contributed by atoms with Crippen LogP contribution in [0.1, 0.15) is 31.7 Å². The number of nitrogens with one attached hydrogen (secondary N) is 2. The number of rotatable bonds is 14. The van der Waals surface area contributed by atoms with E-state index in [2.05, 4.69) is 10.6 Å². The van der Waals surface area contributed by atoms with E-state index < -0.39 is 56.6 Å². The summed E-state index contributed by atoms with van der Waals surface area (Å²) in [4.78, 5) is 36.1. The summed E-state index contributed by atoms with van der Waals surface area (Å²) in [6.07, 6.45) is -0.106. The zero-order valence-corrected chi connectivity index (χ0v) is 22.3. The third-order valence-electron chi connectivity index (χ3n) is 6.04. The minimum atomic E-state index is -4.19. The Hall–Kier alpha value is -3.08. The van der Waals surface area contributed by atoms with Crippen molar-refractivity contribution in [2.24, 2.45) is 0 Å². The molecule has 0 bridgehead atoms. The summed E-state index contributed by atoms with van der Waals surface area (Å²) in [5, 5.41) is 16.1. The Bertz CT molecular complexity index is 1120. The van der Waals surface area contributed by atoms with Gasteiger partial charge in [-0.15, -0.1) is 0 Å². The van der Waals surface area contributed by atoms with Crippen molar-refractivity contribution in [3.8, 4) is 11.1 Å². The van der Waals surface area contributed by atoms with Gasteiger partial charge in [-0.05, 0) is 43.5 Å². The number of esters is 2. The molecule has 2 aromatic rings. The number of aliphatic carboxylic acids is 1. The van der Waals surface area contributed by atoms with Gasteiger partial charge in [0.15, 0.2) is 18.9 Å². The lowest BCUT2D eigenvalue weighted by Gasteiger charge is -2.34. The first-order chi connectivity index (χ1) is 18.2. The molecular formula is C26H33N2O9P. The molecule has 1 saturated heterocycles. The summed E-state index contributed by atoms with van der Waals surface area (Å²) in [6.45, 7) is 2.36. The summed E-state index contributed by atoms with van der Waals surface area (Å²) >= 11 is 0. The molecule has 0 spiro atoms. The van der Waals surface area contributed by atoms with E-state index in [9.17, 15) is 24.1 Å². The molecule has 1 aliphatic rings. The van der Waals surface area contributed by atoms with E-state index in [0.717, 1.165) is 16.7 Å². The van der Waals surface area contributed by atoms with Gasteiger partial charge in [-0.3, -0.25) is 24.2 Å². The second kappa shape index (κ2) is 13.6. The molecule has 11 nitrogen and oxygen atoms in total. The van der Waals surface area contributed by atoms with Gasteiger partial charge in [-0.25, -0.2) is 14.4 Å². The minimum absolute atomic E-state index is 0.0885. The van der Waals surface area contributed by atoms with Gasteiger partial charge in [0, 0.05) is 5.92 Å². The standard InChI is InChI=1S/C26H33N2O9P/c1-3-34-23(29)16-36-38(33,37-17-24(30)35-4-2)18-28-26(25(31)32)22(14-15-27-26)21-12-10-20(11-13-21)19-8-6-5-7-9-19/h5-13,22,27-28H,3-4,14-18H2,1-2H3,(H,31,32)/t22?,26-/m0/s1. The predicted octanol–water partition coefficient (Wildman–Crippen LogP) is 3.11. The smallest absolute Gasteiger partial charge is 0.345 e. The van der Waals surface area contributed by atoms with E-state index in [4.69, 9.17) is 18.5 Å². The third-order valence-corrected chi connectivity index (χ3v) is 7.63. The third kappa shape index (κ3) is 7.49. The molecule has 1 heterocycles. The van der Waals surface area contributed by atoms with Gasteiger partial charge in [0.05, 0.1) is 13.2 Å². The number of carbonyl (C=O) groups excluding carboxylic acids is 2. The molecule has 0 radical (unpaired) electrons. The van der Waals surface area contributed by atoms with Crippen LogP contribution in [-0.4, -0.2) is 67.9 Å². The predicted molar refractivity (Wildman–Crippen MR) is 138 cm³/mol. The van der Waals surface area contributed by atoms with E-state index in [1.807, 2.05) is 54.6 Å².